The minimum atomic E-state index is 0.516. The van der Waals surface area contributed by atoms with E-state index in [0.717, 1.165) is 12.2 Å². The molecule has 92 valence electrons. The molecule has 0 amide bonds. The molecule has 2 nitrogen and oxygen atoms in total. The van der Waals surface area contributed by atoms with Crippen molar-refractivity contribution in [1.82, 2.24) is 4.98 Å². The summed E-state index contributed by atoms with van der Waals surface area (Å²) in [4.78, 5) is 4.23. The summed E-state index contributed by atoms with van der Waals surface area (Å²) in [5, 5.41) is 0. The van der Waals surface area contributed by atoms with E-state index in [2.05, 4.69) is 23.2 Å². The lowest BCUT2D eigenvalue weighted by molar-refractivity contribution is 0.414. The number of hydrogen-bond acceptors (Lipinski definition) is 2. The summed E-state index contributed by atoms with van der Waals surface area (Å²) in [7, 11) is 1.70. The quantitative estimate of drug-likeness (QED) is 0.799. The number of fused-ring (bicyclic) bond motifs is 1. The first-order chi connectivity index (χ1) is 8.88. The first-order valence-electron chi connectivity index (χ1n) is 6.45. The van der Waals surface area contributed by atoms with Gasteiger partial charge in [-0.3, -0.25) is 4.98 Å². The van der Waals surface area contributed by atoms with E-state index in [1.54, 1.807) is 7.11 Å². The van der Waals surface area contributed by atoms with Crippen molar-refractivity contribution in [2.24, 2.45) is 0 Å². The van der Waals surface area contributed by atoms with Crippen molar-refractivity contribution in [1.29, 1.82) is 0 Å². The van der Waals surface area contributed by atoms with E-state index < -0.39 is 0 Å². The van der Waals surface area contributed by atoms with E-state index >= 15 is 0 Å². The number of benzene rings is 1. The lowest BCUT2D eigenvalue weighted by atomic mass is 9.80. The minimum Gasteiger partial charge on any atom is -0.497 e. The zero-order valence-electron chi connectivity index (χ0n) is 10.6. The van der Waals surface area contributed by atoms with Crippen LogP contribution in [0, 0.1) is 0 Å². The number of aryl methyl sites for hydroxylation is 1. The van der Waals surface area contributed by atoms with Gasteiger partial charge in [-0.05, 0) is 54.2 Å². The van der Waals surface area contributed by atoms with E-state index in [-0.39, 0.29) is 0 Å². The molecule has 1 heterocycles. The van der Waals surface area contributed by atoms with Crippen molar-refractivity contribution in [3.63, 3.8) is 0 Å². The molecule has 2 heteroatoms. The smallest absolute Gasteiger partial charge is 0.118 e. The van der Waals surface area contributed by atoms with Gasteiger partial charge in [0.25, 0.3) is 0 Å². The molecule has 0 spiro atoms. The molecule has 0 saturated carbocycles. The number of hydrogen-bond donors (Lipinski definition) is 0. The van der Waals surface area contributed by atoms with E-state index in [1.165, 1.54) is 29.5 Å². The molecule has 0 aliphatic heterocycles. The minimum absolute atomic E-state index is 0.516. The Bertz CT molecular complexity index is 533. The average molecular weight is 239 g/mol. The monoisotopic (exact) mass is 239 g/mol. The van der Waals surface area contributed by atoms with E-state index in [1.807, 2.05) is 24.5 Å². The second kappa shape index (κ2) is 4.81. The summed E-state index contributed by atoms with van der Waals surface area (Å²) >= 11 is 0. The molecule has 3 rings (SSSR count). The van der Waals surface area contributed by atoms with Gasteiger partial charge in [-0.15, -0.1) is 0 Å². The van der Waals surface area contributed by atoms with Crippen LogP contribution in [-0.4, -0.2) is 12.1 Å². The van der Waals surface area contributed by atoms with Crippen LogP contribution in [0.4, 0.5) is 0 Å². The predicted molar refractivity (Wildman–Crippen MR) is 72.0 cm³/mol. The summed E-state index contributed by atoms with van der Waals surface area (Å²) in [5.41, 5.74) is 4.23. The van der Waals surface area contributed by atoms with Crippen LogP contribution in [0.15, 0.2) is 42.7 Å². The van der Waals surface area contributed by atoms with Crippen LogP contribution < -0.4 is 4.74 Å². The number of nitrogens with zero attached hydrogens (tertiary/aromatic N) is 1. The Morgan fingerprint density at radius 3 is 2.78 bits per heavy atom. The van der Waals surface area contributed by atoms with Crippen molar-refractivity contribution < 1.29 is 4.74 Å². The van der Waals surface area contributed by atoms with Crippen molar-refractivity contribution in [3.05, 3.63) is 59.4 Å². The standard InChI is InChI=1S/C16H17NO/c1-18-14-7-5-12(6-8-14)15-4-2-3-13-11-17-10-9-16(13)15/h5-11,15H,2-4H2,1H3. The summed E-state index contributed by atoms with van der Waals surface area (Å²) in [6, 6.07) is 10.6. The number of methoxy groups -OCH3 is 1. The summed E-state index contributed by atoms with van der Waals surface area (Å²) in [6.07, 6.45) is 7.56. The van der Waals surface area contributed by atoms with Crippen LogP contribution in [0.5, 0.6) is 5.75 Å². The molecule has 0 saturated heterocycles. The van der Waals surface area contributed by atoms with Crippen LogP contribution in [0.25, 0.3) is 0 Å². The molecule has 1 unspecified atom stereocenters. The number of aromatic nitrogens is 1. The van der Waals surface area contributed by atoms with Gasteiger partial charge in [-0.2, -0.15) is 0 Å². The van der Waals surface area contributed by atoms with Gasteiger partial charge in [-0.1, -0.05) is 12.1 Å². The second-order valence-corrected chi connectivity index (χ2v) is 4.79. The fraction of sp³-hybridized carbons (Fsp3) is 0.312. The Morgan fingerprint density at radius 2 is 2.00 bits per heavy atom. The van der Waals surface area contributed by atoms with Crippen molar-refractivity contribution in [2.45, 2.75) is 25.2 Å². The maximum Gasteiger partial charge on any atom is 0.118 e. The van der Waals surface area contributed by atoms with Crippen LogP contribution >= 0.6 is 0 Å². The van der Waals surface area contributed by atoms with Crippen LogP contribution in [-0.2, 0) is 6.42 Å². The van der Waals surface area contributed by atoms with Crippen LogP contribution in [0.2, 0.25) is 0 Å². The van der Waals surface area contributed by atoms with Gasteiger partial charge in [0.2, 0.25) is 0 Å². The molecular weight excluding hydrogens is 222 g/mol. The molecule has 0 bridgehead atoms. The molecule has 0 radical (unpaired) electrons. The molecule has 0 N–H and O–H groups in total. The van der Waals surface area contributed by atoms with Gasteiger partial charge in [0.05, 0.1) is 7.11 Å². The van der Waals surface area contributed by atoms with Gasteiger partial charge in [0.15, 0.2) is 0 Å². The van der Waals surface area contributed by atoms with Crippen molar-refractivity contribution in [3.8, 4) is 5.75 Å². The largest absolute Gasteiger partial charge is 0.497 e. The SMILES string of the molecule is COc1ccc(C2CCCc3cnccc32)cc1. The predicted octanol–water partition coefficient (Wildman–Crippen LogP) is 3.56. The maximum atomic E-state index is 5.22. The Hall–Kier alpha value is -1.83. The number of pyridine rings is 1. The molecule has 1 aliphatic carbocycles. The van der Waals surface area contributed by atoms with Gasteiger partial charge in [-0.25, -0.2) is 0 Å². The van der Waals surface area contributed by atoms with Crippen LogP contribution in [0.3, 0.4) is 0 Å². The van der Waals surface area contributed by atoms with Crippen molar-refractivity contribution in [2.75, 3.05) is 7.11 Å². The lowest BCUT2D eigenvalue weighted by Gasteiger charge is -2.25. The molecule has 1 atom stereocenters. The Kier molecular flexibility index (Phi) is 3.01. The normalized spacial score (nSPS) is 18.2. The molecular formula is C16H17NO. The zero-order chi connectivity index (χ0) is 12.4. The van der Waals surface area contributed by atoms with Gasteiger partial charge >= 0.3 is 0 Å². The van der Waals surface area contributed by atoms with Gasteiger partial charge in [0.1, 0.15) is 5.75 Å². The molecule has 2 aromatic rings. The maximum absolute atomic E-state index is 5.22. The Labute approximate surface area is 108 Å². The second-order valence-electron chi connectivity index (χ2n) is 4.79. The lowest BCUT2D eigenvalue weighted by Crippen LogP contribution is -2.11. The third kappa shape index (κ3) is 1.99. The van der Waals surface area contributed by atoms with Crippen molar-refractivity contribution >= 4 is 0 Å². The van der Waals surface area contributed by atoms with Gasteiger partial charge in [0, 0.05) is 18.3 Å². The summed E-state index contributed by atoms with van der Waals surface area (Å²) < 4.78 is 5.22. The highest BCUT2D eigenvalue weighted by Gasteiger charge is 2.21. The Balaban J connectivity index is 1.97. The van der Waals surface area contributed by atoms with Gasteiger partial charge < -0.3 is 4.74 Å². The highest BCUT2D eigenvalue weighted by Crippen LogP contribution is 2.36. The Morgan fingerprint density at radius 1 is 1.17 bits per heavy atom. The summed E-state index contributed by atoms with van der Waals surface area (Å²) in [6.45, 7) is 0. The topological polar surface area (TPSA) is 22.1 Å². The highest BCUT2D eigenvalue weighted by molar-refractivity contribution is 5.40. The number of rotatable bonds is 2. The first kappa shape index (κ1) is 11.3. The molecule has 0 fully saturated rings. The molecule has 1 aliphatic rings. The number of ether oxygens (including phenoxy) is 1. The highest BCUT2D eigenvalue weighted by atomic mass is 16.5. The van der Waals surface area contributed by atoms with E-state index in [4.69, 9.17) is 4.74 Å². The van der Waals surface area contributed by atoms with Crippen LogP contribution in [0.1, 0.15) is 35.4 Å². The molecule has 1 aromatic carbocycles. The van der Waals surface area contributed by atoms with E-state index in [9.17, 15) is 0 Å². The third-order valence-electron chi connectivity index (χ3n) is 3.77. The molecule has 18 heavy (non-hydrogen) atoms. The fourth-order valence-electron chi connectivity index (χ4n) is 2.82. The third-order valence-corrected chi connectivity index (χ3v) is 3.77. The average Bonchev–Trinajstić information content (AvgIpc) is 2.47. The van der Waals surface area contributed by atoms with E-state index in [0.29, 0.717) is 5.92 Å². The summed E-state index contributed by atoms with van der Waals surface area (Å²) in [5.74, 6) is 1.44. The zero-order valence-corrected chi connectivity index (χ0v) is 10.6. The molecule has 1 aromatic heterocycles. The first-order valence-corrected chi connectivity index (χ1v) is 6.45. The fourth-order valence-corrected chi connectivity index (χ4v) is 2.82.